The average Bonchev–Trinajstić information content (AvgIpc) is 2.56. The van der Waals surface area contributed by atoms with Crippen molar-refractivity contribution in [3.63, 3.8) is 0 Å². The van der Waals surface area contributed by atoms with Crippen LogP contribution in [0.3, 0.4) is 0 Å². The van der Waals surface area contributed by atoms with Crippen molar-refractivity contribution in [3.05, 3.63) is 108 Å². The summed E-state index contributed by atoms with van der Waals surface area (Å²) in [7, 11) is 0. The van der Waals surface area contributed by atoms with Gasteiger partial charge in [-0.25, -0.2) is 0 Å². The van der Waals surface area contributed by atoms with E-state index in [1.807, 2.05) is 0 Å². The van der Waals surface area contributed by atoms with E-state index in [0.717, 1.165) is 0 Å². The van der Waals surface area contributed by atoms with Crippen LogP contribution in [0, 0.1) is 0 Å². The summed E-state index contributed by atoms with van der Waals surface area (Å²) >= 11 is 1.73. The van der Waals surface area contributed by atoms with Gasteiger partial charge in [0.2, 0.25) is 0 Å². The van der Waals surface area contributed by atoms with Crippen LogP contribution in [0.1, 0.15) is 16.7 Å². The summed E-state index contributed by atoms with van der Waals surface area (Å²) in [4.78, 5) is 0. The first-order chi connectivity index (χ1) is 9.82. The van der Waals surface area contributed by atoms with Crippen molar-refractivity contribution < 1.29 is 0 Å². The molecule has 0 aliphatic heterocycles. The zero-order chi connectivity index (χ0) is 13.8. The Balaban J connectivity index is 2.24. The molecule has 1 atom stereocenters. The molecule has 0 nitrogen and oxygen atoms in total. The molecular formula is C19H17As. The summed E-state index contributed by atoms with van der Waals surface area (Å²) in [5.41, 5.74) is 4.03. The topological polar surface area (TPSA) is 0 Å². The second-order valence-corrected chi connectivity index (χ2v) is 6.72. The standard InChI is InChI=1S/C19H17As/c20-19(16-10-4-1-5-11-16,17-12-6-2-7-13-17)18-14-8-3-9-15-18/h1-15H,20H2. The Hall–Kier alpha value is -1.78. The third-order valence-electron chi connectivity index (χ3n) is 3.69. The van der Waals surface area contributed by atoms with Gasteiger partial charge in [0.25, 0.3) is 0 Å². The normalized spacial score (nSPS) is 11.2. The Morgan fingerprint density at radius 3 is 0.950 bits per heavy atom. The van der Waals surface area contributed by atoms with Gasteiger partial charge >= 0.3 is 129 Å². The summed E-state index contributed by atoms with van der Waals surface area (Å²) in [6.45, 7) is 0. The summed E-state index contributed by atoms with van der Waals surface area (Å²) < 4.78 is -0.0588. The predicted octanol–water partition coefficient (Wildman–Crippen LogP) is 3.61. The van der Waals surface area contributed by atoms with E-state index in [0.29, 0.717) is 0 Å². The van der Waals surface area contributed by atoms with Gasteiger partial charge in [0.05, 0.1) is 0 Å². The number of rotatable bonds is 3. The monoisotopic (exact) mass is 320 g/mol. The minimum absolute atomic E-state index is 0.0588. The van der Waals surface area contributed by atoms with E-state index in [1.165, 1.54) is 16.7 Å². The molecule has 0 N–H and O–H groups in total. The quantitative estimate of drug-likeness (QED) is 0.511. The zero-order valence-corrected chi connectivity index (χ0v) is 13.7. The third-order valence-corrected chi connectivity index (χ3v) is 5.79. The molecular weight excluding hydrogens is 303 g/mol. The van der Waals surface area contributed by atoms with Crippen LogP contribution in [-0.4, -0.2) is 16.9 Å². The van der Waals surface area contributed by atoms with Gasteiger partial charge in [-0.15, -0.1) is 0 Å². The minimum atomic E-state index is -0.0588. The molecule has 0 heterocycles. The molecule has 0 saturated heterocycles. The summed E-state index contributed by atoms with van der Waals surface area (Å²) in [6, 6.07) is 32.3. The third kappa shape index (κ3) is 2.32. The van der Waals surface area contributed by atoms with Crippen molar-refractivity contribution >= 4 is 16.9 Å². The van der Waals surface area contributed by atoms with E-state index in [1.54, 1.807) is 16.9 Å². The van der Waals surface area contributed by atoms with Crippen molar-refractivity contribution in [1.82, 2.24) is 0 Å². The van der Waals surface area contributed by atoms with Crippen molar-refractivity contribution in [2.45, 2.75) is 4.20 Å². The number of hydrogen-bond donors (Lipinski definition) is 0. The number of benzene rings is 3. The predicted molar refractivity (Wildman–Crippen MR) is 87.8 cm³/mol. The maximum absolute atomic E-state index is 2.22. The first kappa shape index (κ1) is 13.2. The van der Waals surface area contributed by atoms with Crippen LogP contribution < -0.4 is 0 Å². The van der Waals surface area contributed by atoms with Gasteiger partial charge < -0.3 is 0 Å². The molecule has 0 aliphatic carbocycles. The van der Waals surface area contributed by atoms with E-state index >= 15 is 0 Å². The van der Waals surface area contributed by atoms with Gasteiger partial charge in [0, 0.05) is 0 Å². The van der Waals surface area contributed by atoms with E-state index in [4.69, 9.17) is 0 Å². The van der Waals surface area contributed by atoms with Crippen LogP contribution in [-0.2, 0) is 4.20 Å². The van der Waals surface area contributed by atoms with Crippen molar-refractivity contribution in [3.8, 4) is 0 Å². The van der Waals surface area contributed by atoms with Gasteiger partial charge in [0.15, 0.2) is 0 Å². The fourth-order valence-electron chi connectivity index (χ4n) is 2.60. The first-order valence-corrected chi connectivity index (χ1v) is 7.98. The van der Waals surface area contributed by atoms with Gasteiger partial charge in [-0.1, -0.05) is 0 Å². The van der Waals surface area contributed by atoms with Crippen molar-refractivity contribution in [2.24, 2.45) is 0 Å². The van der Waals surface area contributed by atoms with E-state index in [9.17, 15) is 0 Å². The second kappa shape index (κ2) is 5.69. The van der Waals surface area contributed by atoms with Crippen LogP contribution in [0.5, 0.6) is 0 Å². The SMILES string of the molecule is [AsH2]C(c1ccccc1)(c1ccccc1)c1ccccc1. The molecule has 3 aromatic carbocycles. The molecule has 0 fully saturated rings. The summed E-state index contributed by atoms with van der Waals surface area (Å²) in [6.07, 6.45) is 0. The van der Waals surface area contributed by atoms with Gasteiger partial charge in [0.1, 0.15) is 0 Å². The van der Waals surface area contributed by atoms with Crippen LogP contribution >= 0.6 is 0 Å². The molecule has 3 rings (SSSR count). The molecule has 0 spiro atoms. The molecule has 98 valence electrons. The molecule has 1 unspecified atom stereocenters. The molecule has 0 aliphatic rings. The Bertz CT molecular complexity index is 563. The van der Waals surface area contributed by atoms with Crippen LogP contribution in [0.15, 0.2) is 91.0 Å². The van der Waals surface area contributed by atoms with Crippen LogP contribution in [0.25, 0.3) is 0 Å². The van der Waals surface area contributed by atoms with Crippen LogP contribution in [0.2, 0.25) is 0 Å². The molecule has 0 aromatic heterocycles. The van der Waals surface area contributed by atoms with E-state index in [2.05, 4.69) is 91.0 Å². The Morgan fingerprint density at radius 1 is 0.450 bits per heavy atom. The first-order valence-electron chi connectivity index (χ1n) is 6.77. The number of hydrogen-bond acceptors (Lipinski definition) is 0. The van der Waals surface area contributed by atoms with E-state index < -0.39 is 0 Å². The molecule has 3 aromatic rings. The molecule has 0 saturated carbocycles. The maximum atomic E-state index is 2.22. The Labute approximate surface area is 129 Å². The zero-order valence-electron chi connectivity index (χ0n) is 11.2. The van der Waals surface area contributed by atoms with Gasteiger partial charge in [-0.2, -0.15) is 0 Å². The van der Waals surface area contributed by atoms with Crippen LogP contribution in [0.4, 0.5) is 0 Å². The summed E-state index contributed by atoms with van der Waals surface area (Å²) in [5, 5.41) is 0. The van der Waals surface area contributed by atoms with E-state index in [-0.39, 0.29) is 4.20 Å². The van der Waals surface area contributed by atoms with Gasteiger partial charge in [-0.05, 0) is 0 Å². The van der Waals surface area contributed by atoms with Crippen molar-refractivity contribution in [1.29, 1.82) is 0 Å². The fourth-order valence-corrected chi connectivity index (χ4v) is 3.81. The molecule has 1 heteroatoms. The Morgan fingerprint density at radius 2 is 0.700 bits per heavy atom. The van der Waals surface area contributed by atoms with Crippen molar-refractivity contribution in [2.75, 3.05) is 0 Å². The average molecular weight is 320 g/mol. The summed E-state index contributed by atoms with van der Waals surface area (Å²) in [5.74, 6) is 0. The molecule has 20 heavy (non-hydrogen) atoms. The molecule has 0 bridgehead atoms. The second-order valence-electron chi connectivity index (χ2n) is 4.91. The molecule has 0 radical (unpaired) electrons. The van der Waals surface area contributed by atoms with Gasteiger partial charge in [-0.3, -0.25) is 0 Å². The molecule has 0 amide bonds. The Kier molecular flexibility index (Phi) is 3.76. The fraction of sp³-hybridized carbons (Fsp3) is 0.0526.